The fourth-order valence-corrected chi connectivity index (χ4v) is 3.32. The van der Waals surface area contributed by atoms with Crippen molar-refractivity contribution in [3.05, 3.63) is 27.8 Å². The van der Waals surface area contributed by atoms with E-state index in [9.17, 15) is 14.9 Å². The monoisotopic (exact) mass is 289 g/mol. The molecule has 0 spiro atoms. The van der Waals surface area contributed by atoms with E-state index >= 15 is 0 Å². The molecular weight excluding hydrogens is 270 g/mol. The van der Waals surface area contributed by atoms with Crippen molar-refractivity contribution in [1.29, 1.82) is 0 Å². The molecule has 1 aromatic carbocycles. The largest absolute Gasteiger partial charge is 0.379 e. The van der Waals surface area contributed by atoms with E-state index in [2.05, 4.69) is 17.6 Å². The van der Waals surface area contributed by atoms with Crippen molar-refractivity contribution in [1.82, 2.24) is 0 Å². The zero-order chi connectivity index (χ0) is 15.0. The highest BCUT2D eigenvalue weighted by atomic mass is 16.6. The van der Waals surface area contributed by atoms with Crippen LogP contribution in [0.1, 0.15) is 31.7 Å². The Hall–Kier alpha value is -2.11. The van der Waals surface area contributed by atoms with Crippen LogP contribution in [-0.2, 0) is 11.2 Å². The number of carbonyl (C=O) groups excluding carboxylic acids is 1. The lowest BCUT2D eigenvalue weighted by Gasteiger charge is -2.17. The van der Waals surface area contributed by atoms with Crippen molar-refractivity contribution in [2.45, 2.75) is 32.6 Å². The van der Waals surface area contributed by atoms with Gasteiger partial charge < -0.3 is 10.6 Å². The predicted molar refractivity (Wildman–Crippen MR) is 80.4 cm³/mol. The van der Waals surface area contributed by atoms with Crippen molar-refractivity contribution < 1.29 is 9.72 Å². The standard InChI is InChI=1S/C15H19N3O3/c1-9-3-2-4-10(9)8-16-13-7-12-11(6-15(19)17-12)5-14(13)18(20)21/h5,7,9-10,16H,2-4,6,8H2,1H3,(H,17,19). The number of nitrogens with zero attached hydrogens (tertiary/aromatic N) is 1. The second-order valence-electron chi connectivity index (χ2n) is 6.06. The van der Waals surface area contributed by atoms with E-state index in [0.29, 0.717) is 28.8 Å². The van der Waals surface area contributed by atoms with Crippen LogP contribution in [0.3, 0.4) is 0 Å². The summed E-state index contributed by atoms with van der Waals surface area (Å²) in [6.07, 6.45) is 3.85. The van der Waals surface area contributed by atoms with Crippen LogP contribution in [0.2, 0.25) is 0 Å². The molecule has 1 amide bonds. The Morgan fingerprint density at radius 2 is 2.24 bits per heavy atom. The summed E-state index contributed by atoms with van der Waals surface area (Å²) < 4.78 is 0. The number of hydrogen-bond acceptors (Lipinski definition) is 4. The fraction of sp³-hybridized carbons (Fsp3) is 0.533. The van der Waals surface area contributed by atoms with E-state index < -0.39 is 0 Å². The Labute approximate surface area is 123 Å². The average molecular weight is 289 g/mol. The molecule has 21 heavy (non-hydrogen) atoms. The highest BCUT2D eigenvalue weighted by molar-refractivity contribution is 6.00. The van der Waals surface area contributed by atoms with E-state index in [1.165, 1.54) is 25.3 Å². The van der Waals surface area contributed by atoms with Gasteiger partial charge in [-0.05, 0) is 29.9 Å². The molecule has 1 aromatic rings. The molecule has 2 atom stereocenters. The van der Waals surface area contributed by atoms with Gasteiger partial charge in [-0.25, -0.2) is 0 Å². The average Bonchev–Trinajstić information content (AvgIpc) is 2.99. The maximum atomic E-state index is 11.4. The molecule has 1 aliphatic carbocycles. The first kappa shape index (κ1) is 13.9. The topological polar surface area (TPSA) is 84.3 Å². The lowest BCUT2D eigenvalue weighted by atomic mass is 9.98. The molecule has 6 heteroatoms. The zero-order valence-corrected chi connectivity index (χ0v) is 12.0. The van der Waals surface area contributed by atoms with Crippen molar-refractivity contribution in [3.63, 3.8) is 0 Å². The molecule has 112 valence electrons. The third kappa shape index (κ3) is 2.70. The number of anilines is 2. The van der Waals surface area contributed by atoms with Gasteiger partial charge >= 0.3 is 0 Å². The molecule has 1 saturated carbocycles. The highest BCUT2D eigenvalue weighted by Gasteiger charge is 2.27. The second kappa shape index (κ2) is 5.35. The van der Waals surface area contributed by atoms with E-state index in [4.69, 9.17) is 0 Å². The van der Waals surface area contributed by atoms with E-state index in [1.54, 1.807) is 6.07 Å². The van der Waals surface area contributed by atoms with Crippen LogP contribution in [-0.4, -0.2) is 17.4 Å². The van der Waals surface area contributed by atoms with E-state index in [1.807, 2.05) is 0 Å². The van der Waals surface area contributed by atoms with Crippen molar-refractivity contribution in [3.8, 4) is 0 Å². The number of nitro benzene ring substituents is 1. The molecule has 0 bridgehead atoms. The lowest BCUT2D eigenvalue weighted by molar-refractivity contribution is -0.384. The number of hydrogen-bond donors (Lipinski definition) is 2. The first-order valence-corrected chi connectivity index (χ1v) is 7.39. The molecule has 2 unspecified atom stereocenters. The summed E-state index contributed by atoms with van der Waals surface area (Å²) in [5.41, 5.74) is 1.94. The third-order valence-electron chi connectivity index (χ3n) is 4.64. The van der Waals surface area contributed by atoms with Crippen LogP contribution in [0.25, 0.3) is 0 Å². The molecule has 0 saturated heterocycles. The minimum atomic E-state index is -0.385. The molecule has 0 radical (unpaired) electrons. The van der Waals surface area contributed by atoms with E-state index in [-0.39, 0.29) is 22.9 Å². The number of rotatable bonds is 4. The summed E-state index contributed by atoms with van der Waals surface area (Å²) in [5, 5.41) is 17.2. The van der Waals surface area contributed by atoms with Crippen molar-refractivity contribution in [2.75, 3.05) is 17.2 Å². The normalized spacial score (nSPS) is 23.8. The summed E-state index contributed by atoms with van der Waals surface area (Å²) in [7, 11) is 0. The van der Waals surface area contributed by atoms with Crippen LogP contribution in [0, 0.1) is 22.0 Å². The van der Waals surface area contributed by atoms with E-state index in [0.717, 1.165) is 6.54 Å². The molecule has 1 aliphatic heterocycles. The smallest absolute Gasteiger partial charge is 0.292 e. The fourth-order valence-electron chi connectivity index (χ4n) is 3.32. The van der Waals surface area contributed by atoms with Crippen LogP contribution in [0.5, 0.6) is 0 Å². The minimum Gasteiger partial charge on any atom is -0.379 e. The molecular formula is C15H19N3O3. The molecule has 0 aromatic heterocycles. The summed E-state index contributed by atoms with van der Waals surface area (Å²) in [5.74, 6) is 1.11. The SMILES string of the molecule is CC1CCCC1CNc1cc2c(cc1[N+](=O)[O-])CC(=O)N2. The van der Waals surface area contributed by atoms with Gasteiger partial charge in [0.1, 0.15) is 5.69 Å². The van der Waals surface area contributed by atoms with Crippen LogP contribution >= 0.6 is 0 Å². The Balaban J connectivity index is 1.81. The molecule has 1 heterocycles. The number of carbonyl (C=O) groups is 1. The molecule has 2 N–H and O–H groups in total. The summed E-state index contributed by atoms with van der Waals surface area (Å²) in [6.45, 7) is 2.98. The Morgan fingerprint density at radius 3 is 2.90 bits per heavy atom. The minimum absolute atomic E-state index is 0.0518. The van der Waals surface area contributed by atoms with Gasteiger partial charge in [0.2, 0.25) is 5.91 Å². The summed E-state index contributed by atoms with van der Waals surface area (Å²) in [4.78, 5) is 22.2. The van der Waals surface area contributed by atoms with Crippen LogP contribution < -0.4 is 10.6 Å². The molecule has 2 aliphatic rings. The Bertz CT molecular complexity index is 600. The van der Waals surface area contributed by atoms with Gasteiger partial charge in [0.25, 0.3) is 5.69 Å². The van der Waals surface area contributed by atoms with Gasteiger partial charge in [-0.3, -0.25) is 14.9 Å². The Morgan fingerprint density at radius 1 is 1.43 bits per heavy atom. The van der Waals surface area contributed by atoms with Gasteiger partial charge in [0.15, 0.2) is 0 Å². The summed E-state index contributed by atoms with van der Waals surface area (Å²) >= 11 is 0. The van der Waals surface area contributed by atoms with Crippen molar-refractivity contribution >= 4 is 23.0 Å². The highest BCUT2D eigenvalue weighted by Crippen LogP contribution is 2.36. The van der Waals surface area contributed by atoms with Crippen LogP contribution in [0.15, 0.2) is 12.1 Å². The number of nitrogens with one attached hydrogen (secondary N) is 2. The third-order valence-corrected chi connectivity index (χ3v) is 4.64. The van der Waals surface area contributed by atoms with Gasteiger partial charge in [-0.1, -0.05) is 19.8 Å². The molecule has 3 rings (SSSR count). The van der Waals surface area contributed by atoms with Crippen LogP contribution in [0.4, 0.5) is 17.1 Å². The quantitative estimate of drug-likeness (QED) is 0.659. The maximum Gasteiger partial charge on any atom is 0.292 e. The number of amides is 1. The zero-order valence-electron chi connectivity index (χ0n) is 12.0. The number of benzene rings is 1. The molecule has 1 fully saturated rings. The van der Waals surface area contributed by atoms with Gasteiger partial charge in [0, 0.05) is 18.3 Å². The first-order valence-electron chi connectivity index (χ1n) is 7.39. The second-order valence-corrected chi connectivity index (χ2v) is 6.06. The number of nitro groups is 1. The maximum absolute atomic E-state index is 11.4. The first-order chi connectivity index (χ1) is 10.0. The molecule has 6 nitrogen and oxygen atoms in total. The van der Waals surface area contributed by atoms with Gasteiger partial charge in [0.05, 0.1) is 11.3 Å². The van der Waals surface area contributed by atoms with Crippen molar-refractivity contribution in [2.24, 2.45) is 11.8 Å². The van der Waals surface area contributed by atoms with Gasteiger partial charge in [-0.2, -0.15) is 0 Å². The number of fused-ring (bicyclic) bond motifs is 1. The van der Waals surface area contributed by atoms with Gasteiger partial charge in [-0.15, -0.1) is 0 Å². The predicted octanol–water partition coefficient (Wildman–Crippen LogP) is 2.94. The Kier molecular flexibility index (Phi) is 3.53. The lowest BCUT2D eigenvalue weighted by Crippen LogP contribution is -2.17. The summed E-state index contributed by atoms with van der Waals surface area (Å²) in [6, 6.07) is 3.20.